The number of nitrogens with two attached hydrogens (primary N) is 1. The fourth-order valence-corrected chi connectivity index (χ4v) is 1.22. The maximum atomic E-state index is 10.0. The second kappa shape index (κ2) is 5.58. The van der Waals surface area contributed by atoms with Crippen LogP contribution in [0.25, 0.3) is 0 Å². The van der Waals surface area contributed by atoms with Crippen molar-refractivity contribution in [3.05, 3.63) is 23.8 Å². The molecule has 0 saturated heterocycles. The van der Waals surface area contributed by atoms with Crippen LogP contribution in [-0.2, 0) is 4.65 Å². The minimum Gasteiger partial charge on any atom is -0.427 e. The molecule has 0 spiro atoms. The molecule has 1 rings (SSSR count). The maximum absolute atomic E-state index is 10.0. The number of nitrogens with zero attached hydrogens (tertiary/aromatic N) is 1. The van der Waals surface area contributed by atoms with Crippen LogP contribution in [0.2, 0.25) is 0 Å². The fourth-order valence-electron chi connectivity index (χ4n) is 1.22. The first-order chi connectivity index (χ1) is 8.62. The van der Waals surface area contributed by atoms with E-state index in [1.54, 1.807) is 26.1 Å². The second-order valence-corrected chi connectivity index (χ2v) is 5.44. The molecule has 1 aromatic rings. The largest absolute Gasteiger partial charge is 0.427 e. The monoisotopic (exact) mass is 264 g/mol. The topological polar surface area (TPSA) is 107 Å². The molecule has 5 N–H and O–H groups in total. The smallest absolute Gasteiger partial charge is 0.309 e. The van der Waals surface area contributed by atoms with Crippen molar-refractivity contribution in [3.8, 4) is 0 Å². The van der Waals surface area contributed by atoms with E-state index in [1.807, 2.05) is 19.9 Å². The first kappa shape index (κ1) is 15.5. The molecule has 0 atom stereocenters. The summed E-state index contributed by atoms with van der Waals surface area (Å²) in [4.78, 5) is 6.69. The number of aromatic amines is 1. The molecular weight excluding hydrogens is 243 g/mol. The number of hydrogen-bond donors (Lipinski definition) is 4. The van der Waals surface area contributed by atoms with Crippen LogP contribution in [0.4, 0.5) is 0 Å². The maximum Gasteiger partial charge on any atom is 0.309 e. The number of rotatable bonds is 4. The molecule has 0 aliphatic carbocycles. The first-order valence-corrected chi connectivity index (χ1v) is 6.04. The molecule has 0 unspecified atom stereocenters. The summed E-state index contributed by atoms with van der Waals surface area (Å²) in [5, 5.41) is 17.1. The number of pyridine rings is 1. The zero-order chi connectivity index (χ0) is 14.7. The van der Waals surface area contributed by atoms with E-state index in [2.05, 4.69) is 9.98 Å². The number of guanidine groups is 1. The van der Waals surface area contributed by atoms with Gasteiger partial charge in [-0.2, -0.15) is 4.99 Å². The van der Waals surface area contributed by atoms with Gasteiger partial charge in [0.25, 0.3) is 0 Å². The molecule has 0 bridgehead atoms. The van der Waals surface area contributed by atoms with Crippen LogP contribution in [0.15, 0.2) is 23.3 Å². The van der Waals surface area contributed by atoms with Crippen LogP contribution in [0.5, 0.6) is 0 Å². The second-order valence-electron chi connectivity index (χ2n) is 5.44. The number of aromatic nitrogens is 1. The summed E-state index contributed by atoms with van der Waals surface area (Å²) < 4.78 is 5.75. The van der Waals surface area contributed by atoms with Crippen LogP contribution in [-0.4, -0.2) is 34.7 Å². The zero-order valence-corrected chi connectivity index (χ0v) is 11.8. The minimum absolute atomic E-state index is 0.258. The highest BCUT2D eigenvalue weighted by Gasteiger charge is 2.35. The van der Waals surface area contributed by atoms with E-state index in [0.717, 1.165) is 5.46 Å². The van der Waals surface area contributed by atoms with Crippen molar-refractivity contribution in [1.82, 2.24) is 4.98 Å². The standard InChI is InChI=1S/C12H21BN4O2/c1-11(2,18)12(3,4)19-13-8-5-6-16-9(7-8)17-10(14)15/h5-7,13,18H,1-4H3,(H4,14,15,16,17). The lowest BCUT2D eigenvalue weighted by atomic mass is 9.83. The summed E-state index contributed by atoms with van der Waals surface area (Å²) >= 11 is 0. The molecule has 0 radical (unpaired) electrons. The van der Waals surface area contributed by atoms with Crippen LogP contribution in [0, 0.1) is 5.41 Å². The average Bonchev–Trinajstić information content (AvgIpc) is 2.24. The van der Waals surface area contributed by atoms with Gasteiger partial charge in [-0.05, 0) is 45.3 Å². The molecule has 0 amide bonds. The van der Waals surface area contributed by atoms with Crippen molar-refractivity contribution in [3.63, 3.8) is 0 Å². The van der Waals surface area contributed by atoms with Crippen molar-refractivity contribution < 1.29 is 9.76 Å². The van der Waals surface area contributed by atoms with Crippen LogP contribution >= 0.6 is 0 Å². The van der Waals surface area contributed by atoms with Crippen molar-refractivity contribution in [2.75, 3.05) is 0 Å². The van der Waals surface area contributed by atoms with Crippen molar-refractivity contribution in [2.24, 2.45) is 10.7 Å². The summed E-state index contributed by atoms with van der Waals surface area (Å²) in [6, 6.07) is 3.60. The van der Waals surface area contributed by atoms with Gasteiger partial charge >= 0.3 is 7.48 Å². The van der Waals surface area contributed by atoms with Gasteiger partial charge in [0, 0.05) is 6.20 Å². The van der Waals surface area contributed by atoms with E-state index in [0.29, 0.717) is 13.0 Å². The highest BCUT2D eigenvalue weighted by molar-refractivity contribution is 6.46. The Morgan fingerprint density at radius 2 is 2.11 bits per heavy atom. The number of H-pyrrole nitrogens is 1. The Bertz CT molecular complexity index is 517. The normalized spacial score (nSPS) is 13.4. The van der Waals surface area contributed by atoms with Gasteiger partial charge in [0.2, 0.25) is 5.96 Å². The van der Waals surface area contributed by atoms with Gasteiger partial charge in [-0.3, -0.25) is 5.41 Å². The molecule has 104 valence electrons. The molecule has 0 fully saturated rings. The molecular formula is C12H21BN4O2. The number of nitrogens with one attached hydrogen (secondary N) is 2. The van der Waals surface area contributed by atoms with Crippen LogP contribution in [0.3, 0.4) is 0 Å². The predicted octanol–water partition coefficient (Wildman–Crippen LogP) is -0.648. The van der Waals surface area contributed by atoms with Gasteiger partial charge in [-0.1, -0.05) is 0 Å². The Kier molecular flexibility index (Phi) is 4.54. The Labute approximate surface area is 113 Å². The first-order valence-electron chi connectivity index (χ1n) is 6.04. The summed E-state index contributed by atoms with van der Waals surface area (Å²) in [5.41, 5.74) is 4.97. The highest BCUT2D eigenvalue weighted by Crippen LogP contribution is 2.23. The quantitative estimate of drug-likeness (QED) is 0.330. The van der Waals surface area contributed by atoms with Crippen LogP contribution in [0.1, 0.15) is 27.7 Å². The molecule has 6 nitrogen and oxygen atoms in total. The van der Waals surface area contributed by atoms with E-state index in [1.165, 1.54) is 0 Å². The third-order valence-corrected chi connectivity index (χ3v) is 3.16. The molecule has 7 heteroatoms. The Morgan fingerprint density at radius 3 is 2.63 bits per heavy atom. The summed E-state index contributed by atoms with van der Waals surface area (Å²) in [7, 11) is 0.339. The van der Waals surface area contributed by atoms with Crippen molar-refractivity contribution >= 4 is 18.9 Å². The molecule has 1 aromatic heterocycles. The Hall–Kier alpha value is -1.60. The molecule has 19 heavy (non-hydrogen) atoms. The molecule has 0 aromatic carbocycles. The van der Waals surface area contributed by atoms with E-state index < -0.39 is 11.2 Å². The van der Waals surface area contributed by atoms with Gasteiger partial charge in [-0.15, -0.1) is 0 Å². The Balaban J connectivity index is 2.82. The van der Waals surface area contributed by atoms with E-state index in [-0.39, 0.29) is 5.96 Å². The molecule has 0 aliphatic heterocycles. The third-order valence-electron chi connectivity index (χ3n) is 3.16. The molecule has 1 heterocycles. The summed E-state index contributed by atoms with van der Waals surface area (Å²) in [6.45, 7) is 7.09. The van der Waals surface area contributed by atoms with Gasteiger partial charge in [-0.25, -0.2) is 0 Å². The lowest BCUT2D eigenvalue weighted by Crippen LogP contribution is -2.49. The molecule has 0 saturated carbocycles. The Morgan fingerprint density at radius 1 is 1.47 bits per heavy atom. The lowest BCUT2D eigenvalue weighted by Gasteiger charge is -2.37. The van der Waals surface area contributed by atoms with E-state index >= 15 is 0 Å². The fraction of sp³-hybridized carbons (Fsp3) is 0.500. The number of hydrogen-bond acceptors (Lipinski definition) is 3. The highest BCUT2D eigenvalue weighted by atomic mass is 16.5. The minimum atomic E-state index is -0.944. The van der Waals surface area contributed by atoms with Crippen molar-refractivity contribution in [1.29, 1.82) is 5.41 Å². The summed E-state index contributed by atoms with van der Waals surface area (Å²) in [6.07, 6.45) is 1.71. The molecule has 0 aliphatic rings. The SMILES string of the molecule is CC(C)(O)C(C)(C)OBc1cc[nH]/c(=N\C(=N)N)c1. The zero-order valence-electron chi connectivity index (χ0n) is 11.8. The van der Waals surface area contributed by atoms with Crippen LogP contribution < -0.4 is 16.7 Å². The predicted molar refractivity (Wildman–Crippen MR) is 76.5 cm³/mol. The summed E-state index contributed by atoms with van der Waals surface area (Å²) in [5.74, 6) is -0.258. The number of aliphatic hydroxyl groups is 1. The average molecular weight is 264 g/mol. The van der Waals surface area contributed by atoms with E-state index in [9.17, 15) is 5.11 Å². The van der Waals surface area contributed by atoms with Gasteiger partial charge < -0.3 is 20.5 Å². The third kappa shape index (κ3) is 4.53. The van der Waals surface area contributed by atoms with Gasteiger partial charge in [0.1, 0.15) is 5.49 Å². The van der Waals surface area contributed by atoms with E-state index in [4.69, 9.17) is 15.8 Å². The lowest BCUT2D eigenvalue weighted by molar-refractivity contribution is -0.0893. The van der Waals surface area contributed by atoms with Gasteiger partial charge in [0.15, 0.2) is 0 Å². The van der Waals surface area contributed by atoms with Gasteiger partial charge in [0.05, 0.1) is 11.2 Å². The van der Waals surface area contributed by atoms with Crippen molar-refractivity contribution in [2.45, 2.75) is 38.9 Å².